The van der Waals surface area contributed by atoms with Crippen LogP contribution >= 0.6 is 24.0 Å². The molecule has 29 heavy (non-hydrogen) atoms. The molecule has 0 radical (unpaired) electrons. The first-order chi connectivity index (χ1) is 13.5. The molecule has 0 fully saturated rings. The van der Waals surface area contributed by atoms with E-state index in [9.17, 15) is 0 Å². The van der Waals surface area contributed by atoms with Gasteiger partial charge in [0.1, 0.15) is 12.4 Å². The Hall–Kier alpha value is -0.940. The van der Waals surface area contributed by atoms with Crippen molar-refractivity contribution in [1.82, 2.24) is 30.3 Å². The van der Waals surface area contributed by atoms with Crippen molar-refractivity contribution in [3.63, 3.8) is 0 Å². The number of nitrogens with one attached hydrogen (secondary N) is 2. The number of guanidine groups is 1. The van der Waals surface area contributed by atoms with E-state index >= 15 is 0 Å². The van der Waals surface area contributed by atoms with Crippen molar-refractivity contribution in [1.29, 1.82) is 0 Å². The van der Waals surface area contributed by atoms with Gasteiger partial charge >= 0.3 is 0 Å². The van der Waals surface area contributed by atoms with Crippen molar-refractivity contribution >= 4 is 29.9 Å². The lowest BCUT2D eigenvalue weighted by Gasteiger charge is -2.31. The van der Waals surface area contributed by atoms with Crippen LogP contribution in [0.3, 0.4) is 0 Å². The van der Waals surface area contributed by atoms with Crippen molar-refractivity contribution in [2.24, 2.45) is 10.9 Å². The molecule has 1 aliphatic rings. The summed E-state index contributed by atoms with van der Waals surface area (Å²) in [5.74, 6) is 3.37. The van der Waals surface area contributed by atoms with E-state index in [1.807, 2.05) is 4.68 Å². The maximum atomic E-state index is 5.15. The first-order valence-electron chi connectivity index (χ1n) is 10.6. The third-order valence-corrected chi connectivity index (χ3v) is 5.55. The van der Waals surface area contributed by atoms with E-state index in [-0.39, 0.29) is 24.0 Å². The van der Waals surface area contributed by atoms with Crippen LogP contribution in [0.25, 0.3) is 0 Å². The minimum absolute atomic E-state index is 0. The van der Waals surface area contributed by atoms with Gasteiger partial charge in [0.15, 0.2) is 11.8 Å². The second-order valence-electron chi connectivity index (χ2n) is 7.77. The van der Waals surface area contributed by atoms with Gasteiger partial charge in [-0.15, -0.1) is 24.0 Å². The highest BCUT2D eigenvalue weighted by Gasteiger charge is 2.23. The molecule has 2 heterocycles. The van der Waals surface area contributed by atoms with E-state index in [2.05, 4.69) is 60.5 Å². The molecule has 2 unspecified atom stereocenters. The molecule has 2 rings (SSSR count). The smallest absolute Gasteiger partial charge is 0.191 e. The molecule has 168 valence electrons. The molecule has 0 saturated heterocycles. The van der Waals surface area contributed by atoms with Gasteiger partial charge in [0.25, 0.3) is 0 Å². The third kappa shape index (κ3) is 7.67. The van der Waals surface area contributed by atoms with Crippen LogP contribution in [-0.2, 0) is 24.3 Å². The Balaban J connectivity index is 0.00000420. The number of fused-ring (bicyclic) bond motifs is 1. The molecule has 1 aromatic rings. The number of aromatic nitrogens is 3. The molecular formula is C20H40IN7O. The fraction of sp³-hybridized carbons (Fsp3) is 0.850. The molecular weight excluding hydrogens is 481 g/mol. The number of methoxy groups -OCH3 is 1. The number of ether oxygens (including phenoxy) is 1. The molecule has 0 spiro atoms. The Kier molecular flexibility index (Phi) is 12.0. The quantitative estimate of drug-likeness (QED) is 0.280. The molecule has 0 aliphatic carbocycles. The van der Waals surface area contributed by atoms with E-state index in [0.29, 0.717) is 24.6 Å². The van der Waals surface area contributed by atoms with Crippen LogP contribution in [-0.4, -0.2) is 72.0 Å². The van der Waals surface area contributed by atoms with Gasteiger partial charge in [-0.3, -0.25) is 4.99 Å². The molecule has 2 atom stereocenters. The van der Waals surface area contributed by atoms with Crippen molar-refractivity contribution in [3.8, 4) is 0 Å². The first kappa shape index (κ1) is 26.1. The predicted octanol–water partition coefficient (Wildman–Crippen LogP) is 2.28. The maximum Gasteiger partial charge on any atom is 0.191 e. The van der Waals surface area contributed by atoms with Crippen LogP contribution in [0.2, 0.25) is 0 Å². The number of aryl methyl sites for hydroxylation is 1. The summed E-state index contributed by atoms with van der Waals surface area (Å²) in [6.45, 7) is 9.57. The van der Waals surface area contributed by atoms with Crippen LogP contribution in [0.4, 0.5) is 0 Å². The Morgan fingerprint density at radius 2 is 2.03 bits per heavy atom. The van der Waals surface area contributed by atoms with Crippen LogP contribution in [0.1, 0.15) is 51.7 Å². The fourth-order valence-electron chi connectivity index (χ4n) is 3.93. The van der Waals surface area contributed by atoms with Crippen molar-refractivity contribution in [2.45, 2.75) is 71.7 Å². The van der Waals surface area contributed by atoms with Crippen molar-refractivity contribution < 1.29 is 4.74 Å². The monoisotopic (exact) mass is 521 g/mol. The maximum absolute atomic E-state index is 5.15. The number of hydrogen-bond donors (Lipinski definition) is 2. The molecule has 1 aliphatic heterocycles. The van der Waals surface area contributed by atoms with E-state index in [0.717, 1.165) is 50.1 Å². The number of nitrogens with zero attached hydrogens (tertiary/aromatic N) is 5. The summed E-state index contributed by atoms with van der Waals surface area (Å²) in [5.41, 5.74) is 0. The fourth-order valence-corrected chi connectivity index (χ4v) is 3.93. The zero-order valence-electron chi connectivity index (χ0n) is 18.9. The van der Waals surface area contributed by atoms with E-state index < -0.39 is 0 Å². The van der Waals surface area contributed by atoms with E-state index in [1.165, 1.54) is 12.8 Å². The summed E-state index contributed by atoms with van der Waals surface area (Å²) in [6, 6.07) is 0.753. The number of aliphatic imine (C=N–C) groups is 1. The van der Waals surface area contributed by atoms with E-state index in [4.69, 9.17) is 9.73 Å². The lowest BCUT2D eigenvalue weighted by atomic mass is 9.93. The van der Waals surface area contributed by atoms with Gasteiger partial charge in [-0.2, -0.15) is 5.10 Å². The van der Waals surface area contributed by atoms with Crippen LogP contribution < -0.4 is 10.6 Å². The number of halogens is 1. The summed E-state index contributed by atoms with van der Waals surface area (Å²) in [6.07, 6.45) is 4.31. The predicted molar refractivity (Wildman–Crippen MR) is 129 cm³/mol. The highest BCUT2D eigenvalue weighted by atomic mass is 127. The van der Waals surface area contributed by atoms with Gasteiger partial charge in [-0.05, 0) is 33.4 Å². The Labute approximate surface area is 193 Å². The molecule has 0 bridgehead atoms. The van der Waals surface area contributed by atoms with Gasteiger partial charge < -0.3 is 20.3 Å². The van der Waals surface area contributed by atoms with Crippen molar-refractivity contribution in [3.05, 3.63) is 11.6 Å². The van der Waals surface area contributed by atoms with Crippen LogP contribution in [0, 0.1) is 5.92 Å². The average molecular weight is 521 g/mol. The van der Waals surface area contributed by atoms with Gasteiger partial charge in [-0.1, -0.05) is 26.7 Å². The minimum atomic E-state index is 0. The second-order valence-corrected chi connectivity index (χ2v) is 7.77. The SMILES string of the molecule is CCNC(=NCC(C(CC)CC)N(C)C)NC1CCc2nc(COC)nn2C1.I. The van der Waals surface area contributed by atoms with Crippen LogP contribution in [0.15, 0.2) is 4.99 Å². The summed E-state index contributed by atoms with van der Waals surface area (Å²) in [5, 5.41) is 11.6. The van der Waals surface area contributed by atoms with E-state index in [1.54, 1.807) is 7.11 Å². The van der Waals surface area contributed by atoms with Gasteiger partial charge in [0.05, 0.1) is 13.1 Å². The number of hydrogen-bond acceptors (Lipinski definition) is 5. The molecule has 8 nitrogen and oxygen atoms in total. The van der Waals surface area contributed by atoms with Crippen molar-refractivity contribution in [2.75, 3.05) is 34.3 Å². The van der Waals surface area contributed by atoms with Gasteiger partial charge in [-0.25, -0.2) is 9.67 Å². The topological polar surface area (TPSA) is 79.6 Å². The Morgan fingerprint density at radius 1 is 1.31 bits per heavy atom. The minimum Gasteiger partial charge on any atom is -0.377 e. The standard InChI is InChI=1S/C20H39N7O.HI/c1-7-15(8-2)17(26(4)5)12-22-20(21-9-3)23-16-10-11-19-24-18(14-28-6)25-27(19)13-16;/h15-17H,7-14H2,1-6H3,(H2,21,22,23);1H. The number of likely N-dealkylation sites (N-methyl/N-ethyl adjacent to an activating group) is 1. The Bertz CT molecular complexity index is 616. The Morgan fingerprint density at radius 3 is 2.62 bits per heavy atom. The molecule has 0 amide bonds. The summed E-state index contributed by atoms with van der Waals surface area (Å²) < 4.78 is 7.16. The third-order valence-electron chi connectivity index (χ3n) is 5.55. The van der Waals surface area contributed by atoms with Crippen LogP contribution in [0.5, 0.6) is 0 Å². The zero-order chi connectivity index (χ0) is 20.5. The van der Waals surface area contributed by atoms with Gasteiger partial charge in [0.2, 0.25) is 0 Å². The average Bonchev–Trinajstić information content (AvgIpc) is 3.06. The molecule has 1 aromatic heterocycles. The largest absolute Gasteiger partial charge is 0.377 e. The highest BCUT2D eigenvalue weighted by molar-refractivity contribution is 14.0. The number of rotatable bonds is 10. The summed E-state index contributed by atoms with van der Waals surface area (Å²) >= 11 is 0. The molecule has 0 saturated carbocycles. The molecule has 0 aromatic carbocycles. The normalized spacial score (nSPS) is 17.8. The second kappa shape index (κ2) is 13.4. The lowest BCUT2D eigenvalue weighted by Crippen LogP contribution is -2.48. The molecule has 2 N–H and O–H groups in total. The summed E-state index contributed by atoms with van der Waals surface area (Å²) in [7, 11) is 5.99. The summed E-state index contributed by atoms with van der Waals surface area (Å²) in [4.78, 5) is 11.8. The first-order valence-corrected chi connectivity index (χ1v) is 10.6. The van der Waals surface area contributed by atoms with Gasteiger partial charge in [0, 0.05) is 32.2 Å². The lowest BCUT2D eigenvalue weighted by molar-refractivity contribution is 0.177. The zero-order valence-corrected chi connectivity index (χ0v) is 21.3. The highest BCUT2D eigenvalue weighted by Crippen LogP contribution is 2.17. The molecule has 9 heteroatoms.